The van der Waals surface area contributed by atoms with Crippen molar-refractivity contribution in [2.75, 3.05) is 5.75 Å². The Morgan fingerprint density at radius 2 is 1.77 bits per heavy atom. The van der Waals surface area contributed by atoms with E-state index in [-0.39, 0.29) is 11.7 Å². The summed E-state index contributed by atoms with van der Waals surface area (Å²) in [5.41, 5.74) is 4.88. The third-order valence-corrected chi connectivity index (χ3v) is 8.69. The first-order valence-electron chi connectivity index (χ1n) is 12.9. The van der Waals surface area contributed by atoms with Crippen LogP contribution in [0.1, 0.15) is 15.2 Å². The summed E-state index contributed by atoms with van der Waals surface area (Å²) in [7, 11) is 0. The molecule has 0 saturated heterocycles. The Kier molecular flexibility index (Phi) is 8.55. The molecule has 12 heteroatoms. The number of aromatic nitrogens is 4. The molecule has 0 spiro atoms. The fourth-order valence-electron chi connectivity index (χ4n) is 4.16. The Hall–Kier alpha value is -4.84. The van der Waals surface area contributed by atoms with Gasteiger partial charge in [0.2, 0.25) is 0 Å². The van der Waals surface area contributed by atoms with Gasteiger partial charge in [0.1, 0.15) is 10.6 Å². The molecule has 6 rings (SSSR count). The van der Waals surface area contributed by atoms with Crippen molar-refractivity contribution in [3.05, 3.63) is 119 Å². The molecule has 1 N–H and O–H groups in total. The van der Waals surface area contributed by atoms with Crippen molar-refractivity contribution in [1.29, 1.82) is 0 Å². The lowest BCUT2D eigenvalue weighted by molar-refractivity contribution is -0.118. The van der Waals surface area contributed by atoms with Gasteiger partial charge >= 0.3 is 5.97 Å². The first kappa shape index (κ1) is 28.3. The number of hydrogen-bond acceptors (Lipinski definition) is 9. The molecule has 0 atom stereocenters. The number of carbonyl (C=O) groups is 2. The molecule has 0 unspecified atom stereocenters. The fraction of sp³-hybridized carbons (Fsp3) is 0.0323. The Bertz CT molecular complexity index is 1940. The summed E-state index contributed by atoms with van der Waals surface area (Å²) in [6, 6.07) is 27.7. The number of pyridine rings is 1. The molecule has 0 aliphatic carbocycles. The number of halogens is 1. The number of amides is 1. The topological polar surface area (TPSA) is 111 Å². The highest BCUT2D eigenvalue weighted by molar-refractivity contribution is 7.99. The molecule has 212 valence electrons. The average molecular weight is 625 g/mol. The SMILES string of the molecule is O=C(CSc1nnc(-c2ccncc2)n1-c1ccccc1)NN=Cc1cccc(OC(=O)c2sc3ccccc3c2Cl)c1. The molecule has 0 aliphatic heterocycles. The average Bonchev–Trinajstić information content (AvgIpc) is 3.62. The number of benzene rings is 3. The van der Waals surface area contributed by atoms with Gasteiger partial charge in [-0.25, -0.2) is 10.2 Å². The molecule has 0 saturated carbocycles. The summed E-state index contributed by atoms with van der Waals surface area (Å²) in [6.45, 7) is 0. The Morgan fingerprint density at radius 3 is 2.58 bits per heavy atom. The fourth-order valence-corrected chi connectivity index (χ4v) is 6.29. The molecule has 0 bridgehead atoms. The van der Waals surface area contributed by atoms with Crippen molar-refractivity contribution in [1.82, 2.24) is 25.2 Å². The van der Waals surface area contributed by atoms with E-state index in [1.165, 1.54) is 29.3 Å². The quantitative estimate of drug-likeness (QED) is 0.0629. The second-order valence-electron chi connectivity index (χ2n) is 9.00. The molecule has 0 fully saturated rings. The highest BCUT2D eigenvalue weighted by Crippen LogP contribution is 2.36. The minimum absolute atomic E-state index is 0.0617. The lowest BCUT2D eigenvalue weighted by Gasteiger charge is -2.10. The van der Waals surface area contributed by atoms with Crippen molar-refractivity contribution in [3.63, 3.8) is 0 Å². The van der Waals surface area contributed by atoms with E-state index < -0.39 is 5.97 Å². The first-order chi connectivity index (χ1) is 21.1. The Balaban J connectivity index is 1.09. The maximum Gasteiger partial charge on any atom is 0.355 e. The zero-order valence-electron chi connectivity index (χ0n) is 22.3. The monoisotopic (exact) mass is 624 g/mol. The molecule has 0 radical (unpaired) electrons. The third-order valence-electron chi connectivity index (χ3n) is 6.11. The van der Waals surface area contributed by atoms with Gasteiger partial charge in [-0.15, -0.1) is 21.5 Å². The van der Waals surface area contributed by atoms with Crippen LogP contribution in [-0.2, 0) is 4.79 Å². The number of ether oxygens (including phenoxy) is 1. The van der Waals surface area contributed by atoms with Crippen LogP contribution in [0, 0.1) is 0 Å². The molecule has 3 aromatic heterocycles. The standard InChI is InChI=1S/C31H21ClN6O3S2/c32-27-24-11-4-5-12-25(24)43-28(27)30(40)41-23-10-6-7-20(17-23)18-34-35-26(39)19-42-31-37-36-29(21-13-15-33-16-14-21)38(31)22-8-2-1-3-9-22/h1-18H,19H2,(H,35,39). The number of thiophene rings is 1. The van der Waals surface area contributed by atoms with Crippen LogP contribution >= 0.6 is 34.7 Å². The van der Waals surface area contributed by atoms with Crippen LogP contribution in [0.4, 0.5) is 0 Å². The van der Waals surface area contributed by atoms with Gasteiger partial charge in [-0.05, 0) is 48.0 Å². The largest absolute Gasteiger partial charge is 0.422 e. The van der Waals surface area contributed by atoms with Gasteiger partial charge in [-0.1, -0.05) is 71.9 Å². The number of hydrazone groups is 1. The van der Waals surface area contributed by atoms with Gasteiger partial charge in [-0.2, -0.15) is 5.10 Å². The van der Waals surface area contributed by atoms with Gasteiger partial charge < -0.3 is 4.74 Å². The third kappa shape index (κ3) is 6.49. The summed E-state index contributed by atoms with van der Waals surface area (Å²) in [4.78, 5) is 29.8. The number of nitrogens with one attached hydrogen (secondary N) is 1. The normalized spacial score (nSPS) is 11.2. The van der Waals surface area contributed by atoms with Crippen LogP contribution in [0.25, 0.3) is 27.2 Å². The molecule has 3 aromatic carbocycles. The molecular formula is C31H21ClN6O3S2. The van der Waals surface area contributed by atoms with E-state index in [0.29, 0.717) is 32.2 Å². The summed E-state index contributed by atoms with van der Waals surface area (Å²) in [6.07, 6.45) is 4.86. The lowest BCUT2D eigenvalue weighted by Crippen LogP contribution is -2.20. The van der Waals surface area contributed by atoms with Gasteiger partial charge in [0.05, 0.1) is 17.0 Å². The van der Waals surface area contributed by atoms with E-state index in [2.05, 4.69) is 25.7 Å². The van der Waals surface area contributed by atoms with Crippen LogP contribution in [0.3, 0.4) is 0 Å². The highest BCUT2D eigenvalue weighted by Gasteiger charge is 2.19. The number of rotatable bonds is 9. The van der Waals surface area contributed by atoms with E-state index in [1.54, 1.807) is 36.7 Å². The van der Waals surface area contributed by atoms with E-state index in [4.69, 9.17) is 16.3 Å². The lowest BCUT2D eigenvalue weighted by atomic mass is 10.2. The smallest absolute Gasteiger partial charge is 0.355 e. The second kappa shape index (κ2) is 13.0. The van der Waals surface area contributed by atoms with Crippen LogP contribution < -0.4 is 10.2 Å². The summed E-state index contributed by atoms with van der Waals surface area (Å²) in [5.74, 6) is 0.170. The van der Waals surface area contributed by atoms with Gasteiger partial charge in [0.15, 0.2) is 11.0 Å². The second-order valence-corrected chi connectivity index (χ2v) is 11.4. The predicted molar refractivity (Wildman–Crippen MR) is 169 cm³/mol. The molecule has 6 aromatic rings. The van der Waals surface area contributed by atoms with Crippen LogP contribution in [0.15, 0.2) is 114 Å². The molecule has 43 heavy (non-hydrogen) atoms. The van der Waals surface area contributed by atoms with Gasteiger partial charge in [0, 0.05) is 33.7 Å². The Morgan fingerprint density at radius 1 is 0.977 bits per heavy atom. The van der Waals surface area contributed by atoms with E-state index in [1.807, 2.05) is 71.3 Å². The van der Waals surface area contributed by atoms with Gasteiger partial charge in [-0.3, -0.25) is 14.3 Å². The van der Waals surface area contributed by atoms with E-state index >= 15 is 0 Å². The number of nitrogens with zero attached hydrogens (tertiary/aromatic N) is 5. The number of fused-ring (bicyclic) bond motifs is 1. The maximum absolute atomic E-state index is 12.8. The van der Waals surface area contributed by atoms with Crippen molar-refractivity contribution in [2.45, 2.75) is 5.16 Å². The first-order valence-corrected chi connectivity index (χ1v) is 15.1. The number of hydrogen-bond donors (Lipinski definition) is 1. The minimum Gasteiger partial charge on any atom is -0.422 e. The summed E-state index contributed by atoms with van der Waals surface area (Å²) < 4.78 is 8.37. The van der Waals surface area contributed by atoms with Crippen LogP contribution in [-0.4, -0.2) is 43.6 Å². The summed E-state index contributed by atoms with van der Waals surface area (Å²) >= 11 is 8.94. The summed E-state index contributed by atoms with van der Waals surface area (Å²) in [5, 5.41) is 14.5. The maximum atomic E-state index is 12.8. The Labute approximate surface area is 259 Å². The number of carbonyl (C=O) groups excluding carboxylic acids is 2. The molecule has 9 nitrogen and oxygen atoms in total. The zero-order valence-corrected chi connectivity index (χ0v) is 24.6. The number of thioether (sulfide) groups is 1. The van der Waals surface area contributed by atoms with Crippen LogP contribution in [0.5, 0.6) is 5.75 Å². The predicted octanol–water partition coefficient (Wildman–Crippen LogP) is 6.66. The van der Waals surface area contributed by atoms with Crippen molar-refractivity contribution in [2.24, 2.45) is 5.10 Å². The van der Waals surface area contributed by atoms with E-state index in [9.17, 15) is 9.59 Å². The highest BCUT2D eigenvalue weighted by atomic mass is 35.5. The van der Waals surface area contributed by atoms with Crippen molar-refractivity contribution < 1.29 is 14.3 Å². The minimum atomic E-state index is -0.541. The number of esters is 1. The molecular weight excluding hydrogens is 604 g/mol. The van der Waals surface area contributed by atoms with Crippen molar-refractivity contribution >= 4 is 62.9 Å². The molecule has 0 aliphatic rings. The number of para-hydroxylation sites is 1. The van der Waals surface area contributed by atoms with E-state index in [0.717, 1.165) is 21.3 Å². The van der Waals surface area contributed by atoms with Crippen LogP contribution in [0.2, 0.25) is 5.02 Å². The van der Waals surface area contributed by atoms with Crippen molar-refractivity contribution in [3.8, 4) is 22.8 Å². The molecule has 1 amide bonds. The van der Waals surface area contributed by atoms with Gasteiger partial charge in [0.25, 0.3) is 5.91 Å². The molecule has 3 heterocycles. The zero-order chi connectivity index (χ0) is 29.6.